The molecule has 0 radical (unpaired) electrons. The van der Waals surface area contributed by atoms with Crippen molar-refractivity contribution in [2.75, 3.05) is 26.2 Å². The summed E-state index contributed by atoms with van der Waals surface area (Å²) in [5, 5.41) is 4.85. The highest BCUT2D eigenvalue weighted by Gasteiger charge is 2.17. The molecule has 0 aromatic heterocycles. The first-order chi connectivity index (χ1) is 8.16. The van der Waals surface area contributed by atoms with Crippen LogP contribution in [-0.4, -0.2) is 37.1 Å². The van der Waals surface area contributed by atoms with Crippen LogP contribution in [0.25, 0.3) is 0 Å². The van der Waals surface area contributed by atoms with Crippen molar-refractivity contribution in [3.8, 4) is 0 Å². The molecule has 1 heterocycles. The van der Waals surface area contributed by atoms with Gasteiger partial charge >= 0.3 is 0 Å². The van der Waals surface area contributed by atoms with Crippen LogP contribution in [0, 0.1) is 0 Å². The predicted molar refractivity (Wildman–Crippen MR) is 74.1 cm³/mol. The summed E-state index contributed by atoms with van der Waals surface area (Å²) in [6.45, 7) is 6.66. The quantitative estimate of drug-likeness (QED) is 0.911. The fourth-order valence-corrected chi connectivity index (χ4v) is 2.74. The van der Waals surface area contributed by atoms with Gasteiger partial charge in [-0.25, -0.2) is 0 Å². The third kappa shape index (κ3) is 3.59. The van der Waals surface area contributed by atoms with Crippen molar-refractivity contribution < 1.29 is 0 Å². The standard InChI is InChI=1S/C13H18Cl2N2/c1-10(17-6-4-16-5-7-17)8-11-2-3-12(14)9-13(11)15/h2-3,9-10,16H,4-8H2,1H3. The maximum Gasteiger partial charge on any atom is 0.0453 e. The van der Waals surface area contributed by atoms with E-state index >= 15 is 0 Å². The summed E-state index contributed by atoms with van der Waals surface area (Å²) in [7, 11) is 0. The molecule has 4 heteroatoms. The fraction of sp³-hybridized carbons (Fsp3) is 0.538. The number of rotatable bonds is 3. The molecule has 1 saturated heterocycles. The van der Waals surface area contributed by atoms with Crippen LogP contribution >= 0.6 is 23.2 Å². The van der Waals surface area contributed by atoms with Gasteiger partial charge in [-0.1, -0.05) is 29.3 Å². The number of halogens is 2. The second-order valence-corrected chi connectivity index (χ2v) is 5.42. The Bertz CT molecular complexity index is 376. The van der Waals surface area contributed by atoms with Gasteiger partial charge in [0.25, 0.3) is 0 Å². The Balaban J connectivity index is 1.99. The van der Waals surface area contributed by atoms with Crippen LogP contribution in [0.3, 0.4) is 0 Å². The number of benzene rings is 1. The van der Waals surface area contributed by atoms with E-state index < -0.39 is 0 Å². The van der Waals surface area contributed by atoms with E-state index in [0.29, 0.717) is 11.1 Å². The minimum atomic E-state index is 0.524. The highest BCUT2D eigenvalue weighted by atomic mass is 35.5. The smallest absolute Gasteiger partial charge is 0.0453 e. The summed E-state index contributed by atoms with van der Waals surface area (Å²) in [5.74, 6) is 0. The van der Waals surface area contributed by atoms with Crippen LogP contribution in [0.2, 0.25) is 10.0 Å². The first-order valence-electron chi connectivity index (χ1n) is 6.05. The van der Waals surface area contributed by atoms with E-state index in [1.807, 2.05) is 18.2 Å². The number of hydrogen-bond donors (Lipinski definition) is 1. The molecule has 94 valence electrons. The normalized spacial score (nSPS) is 19.2. The molecular weight excluding hydrogens is 255 g/mol. The Morgan fingerprint density at radius 2 is 2.00 bits per heavy atom. The molecule has 1 aliphatic rings. The summed E-state index contributed by atoms with van der Waals surface area (Å²) < 4.78 is 0. The molecule has 0 saturated carbocycles. The third-order valence-electron chi connectivity index (χ3n) is 3.31. The molecule has 1 unspecified atom stereocenters. The molecule has 1 N–H and O–H groups in total. The van der Waals surface area contributed by atoms with E-state index in [1.165, 1.54) is 5.56 Å². The van der Waals surface area contributed by atoms with Crippen molar-refractivity contribution >= 4 is 23.2 Å². The molecule has 1 aromatic carbocycles. The van der Waals surface area contributed by atoms with Gasteiger partial charge in [0.2, 0.25) is 0 Å². The van der Waals surface area contributed by atoms with Gasteiger partial charge in [0.05, 0.1) is 0 Å². The van der Waals surface area contributed by atoms with E-state index in [1.54, 1.807) is 0 Å². The molecule has 2 nitrogen and oxygen atoms in total. The van der Waals surface area contributed by atoms with Gasteiger partial charge in [-0.05, 0) is 31.0 Å². The monoisotopic (exact) mass is 272 g/mol. The predicted octanol–water partition coefficient (Wildman–Crippen LogP) is 2.83. The first-order valence-corrected chi connectivity index (χ1v) is 6.81. The Morgan fingerprint density at radius 3 is 2.65 bits per heavy atom. The van der Waals surface area contributed by atoms with Gasteiger partial charge in [0, 0.05) is 42.3 Å². The Kier molecular flexibility index (Phi) is 4.69. The van der Waals surface area contributed by atoms with Gasteiger partial charge in [-0.2, -0.15) is 0 Å². The van der Waals surface area contributed by atoms with E-state index in [-0.39, 0.29) is 0 Å². The molecular formula is C13H18Cl2N2. The van der Waals surface area contributed by atoms with Crippen molar-refractivity contribution in [3.63, 3.8) is 0 Å². The SMILES string of the molecule is CC(Cc1ccc(Cl)cc1Cl)N1CCNCC1. The van der Waals surface area contributed by atoms with E-state index in [9.17, 15) is 0 Å². The molecule has 17 heavy (non-hydrogen) atoms. The largest absolute Gasteiger partial charge is 0.314 e. The van der Waals surface area contributed by atoms with Crippen LogP contribution in [0.15, 0.2) is 18.2 Å². The first kappa shape index (κ1) is 13.2. The van der Waals surface area contributed by atoms with Gasteiger partial charge in [-0.3, -0.25) is 4.90 Å². The van der Waals surface area contributed by atoms with Crippen molar-refractivity contribution in [1.29, 1.82) is 0 Å². The maximum atomic E-state index is 6.20. The van der Waals surface area contributed by atoms with Gasteiger partial charge in [0.1, 0.15) is 0 Å². The molecule has 1 atom stereocenters. The van der Waals surface area contributed by atoms with Gasteiger partial charge in [-0.15, -0.1) is 0 Å². The van der Waals surface area contributed by atoms with E-state index in [0.717, 1.165) is 37.6 Å². The second-order valence-electron chi connectivity index (χ2n) is 4.57. The van der Waals surface area contributed by atoms with Crippen LogP contribution in [-0.2, 0) is 6.42 Å². The molecule has 0 aliphatic carbocycles. The summed E-state index contributed by atoms with van der Waals surface area (Å²) in [4.78, 5) is 2.50. The lowest BCUT2D eigenvalue weighted by Crippen LogP contribution is -2.48. The zero-order valence-electron chi connectivity index (χ0n) is 10.0. The Morgan fingerprint density at radius 1 is 1.29 bits per heavy atom. The summed E-state index contributed by atoms with van der Waals surface area (Å²) in [6, 6.07) is 6.29. The highest BCUT2D eigenvalue weighted by molar-refractivity contribution is 6.35. The van der Waals surface area contributed by atoms with Crippen LogP contribution in [0.5, 0.6) is 0 Å². The van der Waals surface area contributed by atoms with Crippen molar-refractivity contribution in [2.45, 2.75) is 19.4 Å². The van der Waals surface area contributed by atoms with Crippen molar-refractivity contribution in [2.24, 2.45) is 0 Å². The second kappa shape index (κ2) is 6.05. The Hall–Kier alpha value is -0.280. The number of nitrogens with zero attached hydrogens (tertiary/aromatic N) is 1. The molecule has 0 amide bonds. The topological polar surface area (TPSA) is 15.3 Å². The van der Waals surface area contributed by atoms with Crippen molar-refractivity contribution in [1.82, 2.24) is 10.2 Å². The van der Waals surface area contributed by atoms with Crippen molar-refractivity contribution in [3.05, 3.63) is 33.8 Å². The van der Waals surface area contributed by atoms with Crippen LogP contribution in [0.4, 0.5) is 0 Å². The lowest BCUT2D eigenvalue weighted by atomic mass is 10.1. The minimum Gasteiger partial charge on any atom is -0.314 e. The summed E-state index contributed by atoms with van der Waals surface area (Å²) >= 11 is 12.1. The van der Waals surface area contributed by atoms with Gasteiger partial charge in [0.15, 0.2) is 0 Å². The molecule has 0 spiro atoms. The molecule has 2 rings (SSSR count). The minimum absolute atomic E-state index is 0.524. The van der Waals surface area contributed by atoms with E-state index in [2.05, 4.69) is 17.1 Å². The molecule has 1 aliphatic heterocycles. The van der Waals surface area contributed by atoms with Gasteiger partial charge < -0.3 is 5.32 Å². The molecule has 0 bridgehead atoms. The van der Waals surface area contributed by atoms with Crippen LogP contribution < -0.4 is 5.32 Å². The molecule has 1 aromatic rings. The third-order valence-corrected chi connectivity index (χ3v) is 3.89. The Labute approximate surface area is 113 Å². The summed E-state index contributed by atoms with van der Waals surface area (Å²) in [6.07, 6.45) is 0.982. The van der Waals surface area contributed by atoms with Crippen LogP contribution in [0.1, 0.15) is 12.5 Å². The lowest BCUT2D eigenvalue weighted by molar-refractivity contribution is 0.183. The zero-order valence-corrected chi connectivity index (χ0v) is 11.6. The maximum absolute atomic E-state index is 6.20. The summed E-state index contributed by atoms with van der Waals surface area (Å²) in [5.41, 5.74) is 1.18. The number of nitrogens with one attached hydrogen (secondary N) is 1. The number of hydrogen-bond acceptors (Lipinski definition) is 2. The average molecular weight is 273 g/mol. The lowest BCUT2D eigenvalue weighted by Gasteiger charge is -2.33. The zero-order chi connectivity index (χ0) is 12.3. The van der Waals surface area contributed by atoms with E-state index in [4.69, 9.17) is 23.2 Å². The average Bonchev–Trinajstić information content (AvgIpc) is 2.34. The highest BCUT2D eigenvalue weighted by Crippen LogP contribution is 2.23. The fourth-order valence-electron chi connectivity index (χ4n) is 2.26. The number of piperazine rings is 1. The molecule has 1 fully saturated rings.